The summed E-state index contributed by atoms with van der Waals surface area (Å²) in [7, 11) is 0. The Kier molecular flexibility index (Phi) is 4.90. The summed E-state index contributed by atoms with van der Waals surface area (Å²) >= 11 is 0. The predicted octanol–water partition coefficient (Wildman–Crippen LogP) is 3.57. The third-order valence-electron chi connectivity index (χ3n) is 5.56. The standard InChI is InChI=1S/C23H21FN6O2/c1-15-22(30(28-27-15)18-6-4-17(24)5-7-18)19-11-29(14-26-19)21-8-3-16(10-25-21)20(31)9-23(2)12-32-13-23/h3-8,10-11,14H,9,12-13H2,1-2H3. The van der Waals surface area contributed by atoms with Crippen molar-refractivity contribution in [3.63, 3.8) is 0 Å². The Balaban J connectivity index is 1.39. The lowest BCUT2D eigenvalue weighted by atomic mass is 9.82. The molecule has 0 N–H and O–H groups in total. The Morgan fingerprint density at radius 1 is 1.16 bits per heavy atom. The first-order valence-electron chi connectivity index (χ1n) is 10.2. The average Bonchev–Trinajstić information content (AvgIpc) is 3.40. The van der Waals surface area contributed by atoms with E-state index < -0.39 is 0 Å². The minimum absolute atomic E-state index is 0.0612. The number of ketones is 1. The minimum Gasteiger partial charge on any atom is -0.380 e. The second-order valence-electron chi connectivity index (χ2n) is 8.39. The lowest BCUT2D eigenvalue weighted by Gasteiger charge is -2.37. The van der Waals surface area contributed by atoms with E-state index >= 15 is 0 Å². The molecule has 0 atom stereocenters. The average molecular weight is 432 g/mol. The second-order valence-corrected chi connectivity index (χ2v) is 8.39. The van der Waals surface area contributed by atoms with Gasteiger partial charge in [-0.2, -0.15) is 0 Å². The van der Waals surface area contributed by atoms with Gasteiger partial charge in [-0.05, 0) is 43.3 Å². The van der Waals surface area contributed by atoms with Crippen LogP contribution in [-0.4, -0.2) is 48.5 Å². The SMILES string of the molecule is Cc1nnn(-c2ccc(F)cc2)c1-c1cn(-c2ccc(C(=O)CC3(C)COC3)cn2)cn1. The van der Waals surface area contributed by atoms with Gasteiger partial charge in [-0.1, -0.05) is 12.1 Å². The zero-order chi connectivity index (χ0) is 22.3. The lowest BCUT2D eigenvalue weighted by molar-refractivity contribution is -0.0996. The molecule has 0 radical (unpaired) electrons. The fourth-order valence-corrected chi connectivity index (χ4v) is 3.73. The monoisotopic (exact) mass is 432 g/mol. The molecule has 0 saturated carbocycles. The Hall–Kier alpha value is -3.72. The van der Waals surface area contributed by atoms with Crippen LogP contribution in [0.15, 0.2) is 55.1 Å². The van der Waals surface area contributed by atoms with Crippen LogP contribution in [0.3, 0.4) is 0 Å². The second kappa shape index (κ2) is 7.76. The molecule has 8 nitrogen and oxygen atoms in total. The first kappa shape index (κ1) is 20.2. The number of ether oxygens (including phenoxy) is 1. The maximum atomic E-state index is 13.3. The van der Waals surface area contributed by atoms with Crippen LogP contribution in [0.1, 0.15) is 29.4 Å². The first-order chi connectivity index (χ1) is 15.4. The van der Waals surface area contributed by atoms with Crippen LogP contribution in [0.5, 0.6) is 0 Å². The van der Waals surface area contributed by atoms with Gasteiger partial charge in [0.05, 0.1) is 24.6 Å². The number of halogens is 1. The van der Waals surface area contributed by atoms with Crippen molar-refractivity contribution in [1.29, 1.82) is 0 Å². The summed E-state index contributed by atoms with van der Waals surface area (Å²) in [5.74, 6) is 0.377. The Morgan fingerprint density at radius 2 is 1.94 bits per heavy atom. The molecule has 0 aliphatic carbocycles. The maximum Gasteiger partial charge on any atom is 0.165 e. The number of aryl methyl sites for hydroxylation is 1. The van der Waals surface area contributed by atoms with Gasteiger partial charge >= 0.3 is 0 Å². The summed E-state index contributed by atoms with van der Waals surface area (Å²) in [4.78, 5) is 21.5. The summed E-state index contributed by atoms with van der Waals surface area (Å²) in [6.45, 7) is 5.13. The zero-order valence-electron chi connectivity index (χ0n) is 17.7. The molecule has 0 unspecified atom stereocenters. The van der Waals surface area contributed by atoms with E-state index in [0.717, 1.165) is 0 Å². The quantitative estimate of drug-likeness (QED) is 0.433. The van der Waals surface area contributed by atoms with E-state index in [1.807, 2.05) is 13.1 Å². The zero-order valence-corrected chi connectivity index (χ0v) is 17.7. The van der Waals surface area contributed by atoms with Gasteiger partial charge < -0.3 is 4.74 Å². The number of Topliss-reactive ketones (excluding diaryl/α,β-unsaturated/α-hetero) is 1. The molecule has 1 saturated heterocycles. The van der Waals surface area contributed by atoms with Crippen LogP contribution < -0.4 is 0 Å². The van der Waals surface area contributed by atoms with Crippen molar-refractivity contribution in [3.8, 4) is 22.9 Å². The van der Waals surface area contributed by atoms with Crippen LogP contribution >= 0.6 is 0 Å². The minimum atomic E-state index is -0.320. The van der Waals surface area contributed by atoms with Crippen LogP contribution in [0.2, 0.25) is 0 Å². The van der Waals surface area contributed by atoms with E-state index in [-0.39, 0.29) is 17.0 Å². The van der Waals surface area contributed by atoms with Gasteiger partial charge in [0.15, 0.2) is 5.78 Å². The van der Waals surface area contributed by atoms with Gasteiger partial charge in [-0.25, -0.2) is 19.0 Å². The molecule has 1 aromatic carbocycles. The lowest BCUT2D eigenvalue weighted by Crippen LogP contribution is -2.41. The third-order valence-corrected chi connectivity index (χ3v) is 5.56. The highest BCUT2D eigenvalue weighted by Crippen LogP contribution is 2.32. The van der Waals surface area contributed by atoms with Crippen LogP contribution in [-0.2, 0) is 4.74 Å². The van der Waals surface area contributed by atoms with E-state index in [9.17, 15) is 9.18 Å². The number of hydrogen-bond donors (Lipinski definition) is 0. The number of carbonyl (C=O) groups excluding carboxylic acids is 1. The summed E-state index contributed by atoms with van der Waals surface area (Å²) in [5.41, 5.74) is 3.24. The van der Waals surface area contributed by atoms with E-state index in [4.69, 9.17) is 4.74 Å². The molecule has 4 heterocycles. The normalized spacial score (nSPS) is 14.8. The molecule has 0 amide bonds. The number of benzene rings is 1. The van der Waals surface area contributed by atoms with Gasteiger partial charge in [-0.15, -0.1) is 5.10 Å². The Bertz CT molecular complexity index is 1270. The van der Waals surface area contributed by atoms with E-state index in [1.54, 1.807) is 46.0 Å². The van der Waals surface area contributed by atoms with Crippen molar-refractivity contribution < 1.29 is 13.9 Å². The van der Waals surface area contributed by atoms with E-state index in [1.165, 1.54) is 12.1 Å². The molecule has 0 bridgehead atoms. The summed E-state index contributed by atoms with van der Waals surface area (Å²) in [6.07, 6.45) is 5.51. The molecular formula is C23H21FN6O2. The number of rotatable bonds is 6. The molecular weight excluding hydrogens is 411 g/mol. The Morgan fingerprint density at radius 3 is 2.59 bits per heavy atom. The van der Waals surface area contributed by atoms with Crippen LogP contribution in [0.25, 0.3) is 22.9 Å². The number of nitrogens with zero attached hydrogens (tertiary/aromatic N) is 6. The van der Waals surface area contributed by atoms with E-state index in [2.05, 4.69) is 27.2 Å². The number of hydrogen-bond acceptors (Lipinski definition) is 6. The smallest absolute Gasteiger partial charge is 0.165 e. The molecule has 162 valence electrons. The summed E-state index contributed by atoms with van der Waals surface area (Å²) < 4.78 is 21.9. The van der Waals surface area contributed by atoms with Crippen molar-refractivity contribution in [2.24, 2.45) is 5.41 Å². The van der Waals surface area contributed by atoms with Crippen molar-refractivity contribution in [2.45, 2.75) is 20.3 Å². The molecule has 3 aromatic heterocycles. The maximum absolute atomic E-state index is 13.3. The van der Waals surface area contributed by atoms with Crippen molar-refractivity contribution in [1.82, 2.24) is 29.5 Å². The van der Waals surface area contributed by atoms with Gasteiger partial charge in [0.1, 0.15) is 29.4 Å². The summed E-state index contributed by atoms with van der Waals surface area (Å²) in [5, 5.41) is 8.33. The first-order valence-corrected chi connectivity index (χ1v) is 10.2. The predicted molar refractivity (Wildman–Crippen MR) is 114 cm³/mol. The van der Waals surface area contributed by atoms with E-state index in [0.29, 0.717) is 53.8 Å². The highest BCUT2D eigenvalue weighted by Gasteiger charge is 2.35. The van der Waals surface area contributed by atoms with Crippen LogP contribution in [0.4, 0.5) is 4.39 Å². The van der Waals surface area contributed by atoms with Gasteiger partial charge in [0.25, 0.3) is 0 Å². The molecule has 4 aromatic rings. The third kappa shape index (κ3) is 3.71. The molecule has 0 spiro atoms. The molecule has 1 fully saturated rings. The van der Waals surface area contributed by atoms with Crippen LogP contribution in [0, 0.1) is 18.2 Å². The number of carbonyl (C=O) groups is 1. The highest BCUT2D eigenvalue weighted by molar-refractivity contribution is 5.96. The largest absolute Gasteiger partial charge is 0.380 e. The molecule has 5 rings (SSSR count). The molecule has 1 aliphatic rings. The number of aromatic nitrogens is 6. The van der Waals surface area contributed by atoms with Gasteiger partial charge in [0, 0.05) is 29.8 Å². The van der Waals surface area contributed by atoms with Gasteiger partial charge in [0.2, 0.25) is 0 Å². The fraction of sp³-hybridized carbons (Fsp3) is 0.261. The topological polar surface area (TPSA) is 87.7 Å². The van der Waals surface area contributed by atoms with Crippen molar-refractivity contribution in [3.05, 3.63) is 72.2 Å². The van der Waals surface area contributed by atoms with Gasteiger partial charge in [-0.3, -0.25) is 9.36 Å². The highest BCUT2D eigenvalue weighted by atomic mass is 19.1. The number of imidazole rings is 1. The molecule has 9 heteroatoms. The molecule has 1 aliphatic heterocycles. The van der Waals surface area contributed by atoms with Crippen molar-refractivity contribution in [2.75, 3.05) is 13.2 Å². The Labute approximate surface area is 183 Å². The molecule has 32 heavy (non-hydrogen) atoms. The fourth-order valence-electron chi connectivity index (χ4n) is 3.73. The summed E-state index contributed by atoms with van der Waals surface area (Å²) in [6, 6.07) is 9.60. The number of pyridine rings is 1. The van der Waals surface area contributed by atoms with Crippen molar-refractivity contribution >= 4 is 5.78 Å².